The van der Waals surface area contributed by atoms with Crippen molar-refractivity contribution in [2.75, 3.05) is 39.8 Å². The Labute approximate surface area is 99.2 Å². The molecule has 0 amide bonds. The highest BCUT2D eigenvalue weighted by Crippen LogP contribution is 2.25. The summed E-state index contributed by atoms with van der Waals surface area (Å²) in [7, 11) is 2.25. The van der Waals surface area contributed by atoms with Crippen molar-refractivity contribution in [2.24, 2.45) is 5.92 Å². The predicted octanol–water partition coefficient (Wildman–Crippen LogP) is 0.764. The van der Waals surface area contributed by atoms with E-state index in [9.17, 15) is 0 Å². The van der Waals surface area contributed by atoms with Gasteiger partial charge in [-0.1, -0.05) is 0 Å². The third kappa shape index (κ3) is 2.27. The van der Waals surface area contributed by atoms with Crippen LogP contribution >= 0.6 is 0 Å². The highest BCUT2D eigenvalue weighted by atomic mass is 15.2. The van der Waals surface area contributed by atoms with Gasteiger partial charge in [0.1, 0.15) is 0 Å². The minimum absolute atomic E-state index is 0.802. The second-order valence-electron chi connectivity index (χ2n) is 6.04. The van der Waals surface area contributed by atoms with Crippen LogP contribution in [0.3, 0.4) is 0 Å². The van der Waals surface area contributed by atoms with E-state index in [1.807, 2.05) is 0 Å². The standard InChI is InChI=1S/C13H25N3/c1-15-6-4-11(5-7-15)9-16-10-12-2-3-13(16)8-14-12/h11-14H,2-10H2,1H3. The maximum atomic E-state index is 3.64. The molecular weight excluding hydrogens is 198 g/mol. The molecule has 4 fully saturated rings. The van der Waals surface area contributed by atoms with Crippen molar-refractivity contribution in [2.45, 2.75) is 37.8 Å². The molecule has 0 aromatic heterocycles. The van der Waals surface area contributed by atoms with E-state index in [0.717, 1.165) is 18.0 Å². The molecule has 4 heterocycles. The van der Waals surface area contributed by atoms with E-state index in [4.69, 9.17) is 0 Å². The summed E-state index contributed by atoms with van der Waals surface area (Å²) in [6.45, 7) is 6.56. The third-order valence-corrected chi connectivity index (χ3v) is 4.79. The summed E-state index contributed by atoms with van der Waals surface area (Å²) in [5.41, 5.74) is 0. The Balaban J connectivity index is 1.51. The quantitative estimate of drug-likeness (QED) is 0.746. The lowest BCUT2D eigenvalue weighted by atomic mass is 9.89. The predicted molar refractivity (Wildman–Crippen MR) is 66.6 cm³/mol. The Morgan fingerprint density at radius 2 is 1.94 bits per heavy atom. The van der Waals surface area contributed by atoms with Gasteiger partial charge in [-0.25, -0.2) is 0 Å². The molecule has 0 aromatic carbocycles. The number of nitrogens with zero attached hydrogens (tertiary/aromatic N) is 2. The largest absolute Gasteiger partial charge is 0.311 e. The number of piperidine rings is 3. The molecule has 0 saturated carbocycles. The van der Waals surface area contributed by atoms with Crippen molar-refractivity contribution >= 4 is 0 Å². The molecule has 2 atom stereocenters. The van der Waals surface area contributed by atoms with Gasteiger partial charge in [0, 0.05) is 31.7 Å². The zero-order valence-corrected chi connectivity index (χ0v) is 10.5. The van der Waals surface area contributed by atoms with Gasteiger partial charge in [-0.3, -0.25) is 4.90 Å². The van der Waals surface area contributed by atoms with Gasteiger partial charge < -0.3 is 10.2 Å². The molecule has 2 unspecified atom stereocenters. The smallest absolute Gasteiger partial charge is 0.0222 e. The van der Waals surface area contributed by atoms with Gasteiger partial charge in [0.05, 0.1) is 0 Å². The summed E-state index contributed by atoms with van der Waals surface area (Å²) >= 11 is 0. The molecule has 1 N–H and O–H groups in total. The molecule has 4 rings (SSSR count). The summed E-state index contributed by atoms with van der Waals surface area (Å²) in [5.74, 6) is 0.968. The van der Waals surface area contributed by atoms with E-state index >= 15 is 0 Å². The van der Waals surface area contributed by atoms with Crippen LogP contribution in [0.25, 0.3) is 0 Å². The topological polar surface area (TPSA) is 18.5 Å². The first-order valence-corrected chi connectivity index (χ1v) is 6.97. The molecule has 92 valence electrons. The van der Waals surface area contributed by atoms with Gasteiger partial charge in [0.25, 0.3) is 0 Å². The average Bonchev–Trinajstić information content (AvgIpc) is 2.34. The Morgan fingerprint density at radius 3 is 2.50 bits per heavy atom. The van der Waals surface area contributed by atoms with Crippen LogP contribution in [0.1, 0.15) is 25.7 Å². The van der Waals surface area contributed by atoms with Crippen LogP contribution < -0.4 is 5.32 Å². The maximum Gasteiger partial charge on any atom is 0.0222 e. The highest BCUT2D eigenvalue weighted by molar-refractivity contribution is 4.93. The number of fused-ring (bicyclic) bond motifs is 3. The lowest BCUT2D eigenvalue weighted by Crippen LogP contribution is -2.61. The van der Waals surface area contributed by atoms with E-state index in [1.165, 1.54) is 58.4 Å². The molecule has 3 nitrogen and oxygen atoms in total. The van der Waals surface area contributed by atoms with Crippen LogP contribution in [0.5, 0.6) is 0 Å². The summed E-state index contributed by atoms with van der Waals surface area (Å²) < 4.78 is 0. The van der Waals surface area contributed by atoms with Gasteiger partial charge in [0.2, 0.25) is 0 Å². The Hall–Kier alpha value is -0.120. The second kappa shape index (κ2) is 4.63. The Morgan fingerprint density at radius 1 is 1.12 bits per heavy atom. The SMILES string of the molecule is CN1CCC(CN2CC3CCC2CN3)CC1. The van der Waals surface area contributed by atoms with Crippen molar-refractivity contribution in [1.29, 1.82) is 0 Å². The summed E-state index contributed by atoms with van der Waals surface area (Å²) in [6, 6.07) is 1.65. The molecule has 0 radical (unpaired) electrons. The second-order valence-corrected chi connectivity index (χ2v) is 6.04. The van der Waals surface area contributed by atoms with Crippen molar-refractivity contribution in [3.05, 3.63) is 0 Å². The first kappa shape index (κ1) is 11.0. The van der Waals surface area contributed by atoms with Crippen LogP contribution in [-0.4, -0.2) is 61.7 Å². The average molecular weight is 223 g/mol. The number of nitrogens with one attached hydrogen (secondary N) is 1. The molecule has 3 heteroatoms. The number of rotatable bonds is 2. The molecule has 16 heavy (non-hydrogen) atoms. The van der Waals surface area contributed by atoms with E-state index in [-0.39, 0.29) is 0 Å². The fourth-order valence-corrected chi connectivity index (χ4v) is 3.60. The summed E-state index contributed by atoms with van der Waals surface area (Å²) in [5, 5.41) is 3.64. The molecule has 4 saturated heterocycles. The van der Waals surface area contributed by atoms with Crippen LogP contribution in [0.15, 0.2) is 0 Å². The zero-order valence-electron chi connectivity index (χ0n) is 10.5. The number of piperazine rings is 1. The molecule has 4 aliphatic rings. The van der Waals surface area contributed by atoms with E-state index < -0.39 is 0 Å². The Bertz CT molecular complexity index is 227. The van der Waals surface area contributed by atoms with Crippen molar-refractivity contribution in [3.63, 3.8) is 0 Å². The van der Waals surface area contributed by atoms with Crippen molar-refractivity contribution in [3.8, 4) is 0 Å². The first-order chi connectivity index (χ1) is 7.81. The number of hydrogen-bond acceptors (Lipinski definition) is 3. The van der Waals surface area contributed by atoms with E-state index in [0.29, 0.717) is 0 Å². The van der Waals surface area contributed by atoms with Crippen molar-refractivity contribution < 1.29 is 0 Å². The lowest BCUT2D eigenvalue weighted by molar-refractivity contribution is 0.0492. The van der Waals surface area contributed by atoms with Gasteiger partial charge in [-0.2, -0.15) is 0 Å². The third-order valence-electron chi connectivity index (χ3n) is 4.79. The molecular formula is C13H25N3. The van der Waals surface area contributed by atoms with Crippen molar-refractivity contribution in [1.82, 2.24) is 15.1 Å². The lowest BCUT2D eigenvalue weighted by Gasteiger charge is -2.47. The maximum absolute atomic E-state index is 3.64. The van der Waals surface area contributed by atoms with Crippen LogP contribution in [0.2, 0.25) is 0 Å². The number of likely N-dealkylation sites (tertiary alicyclic amines) is 1. The fourth-order valence-electron chi connectivity index (χ4n) is 3.60. The van der Waals surface area contributed by atoms with Gasteiger partial charge in [-0.05, 0) is 51.7 Å². The molecule has 0 aromatic rings. The van der Waals surface area contributed by atoms with E-state index in [1.54, 1.807) is 0 Å². The normalized spacial score (nSPS) is 38.1. The molecule has 4 aliphatic heterocycles. The molecule has 2 bridgehead atoms. The summed E-state index contributed by atoms with van der Waals surface area (Å²) in [6.07, 6.45) is 5.68. The zero-order chi connectivity index (χ0) is 11.0. The minimum atomic E-state index is 0.802. The minimum Gasteiger partial charge on any atom is -0.311 e. The van der Waals surface area contributed by atoms with Crippen LogP contribution in [-0.2, 0) is 0 Å². The first-order valence-electron chi connectivity index (χ1n) is 6.97. The monoisotopic (exact) mass is 223 g/mol. The highest BCUT2D eigenvalue weighted by Gasteiger charge is 2.34. The molecule has 0 aliphatic carbocycles. The van der Waals surface area contributed by atoms with Gasteiger partial charge in [0.15, 0.2) is 0 Å². The van der Waals surface area contributed by atoms with E-state index in [2.05, 4.69) is 22.2 Å². The number of hydrogen-bond donors (Lipinski definition) is 1. The fraction of sp³-hybridized carbons (Fsp3) is 1.00. The molecule has 0 spiro atoms. The van der Waals surface area contributed by atoms with Gasteiger partial charge in [-0.15, -0.1) is 0 Å². The summed E-state index contributed by atoms with van der Waals surface area (Å²) in [4.78, 5) is 5.25. The van der Waals surface area contributed by atoms with Crippen LogP contribution in [0, 0.1) is 5.92 Å². The van der Waals surface area contributed by atoms with Crippen LogP contribution in [0.4, 0.5) is 0 Å². The Kier molecular flexibility index (Phi) is 3.18. The van der Waals surface area contributed by atoms with Gasteiger partial charge >= 0.3 is 0 Å².